The number of rotatable bonds is 1. The van der Waals surface area contributed by atoms with Gasteiger partial charge < -0.3 is 5.73 Å². The van der Waals surface area contributed by atoms with E-state index >= 15 is 0 Å². The van der Waals surface area contributed by atoms with Crippen LogP contribution in [-0.4, -0.2) is 23.2 Å². The number of hydrogen-bond donors (Lipinski definition) is 1. The Bertz CT molecular complexity index is 1400. The van der Waals surface area contributed by atoms with E-state index in [4.69, 9.17) is 28.9 Å². The normalized spacial score (nSPS) is 11.0. The van der Waals surface area contributed by atoms with Gasteiger partial charge in [-0.2, -0.15) is 0 Å². The van der Waals surface area contributed by atoms with Crippen molar-refractivity contribution in [3.63, 3.8) is 0 Å². The Morgan fingerprint density at radius 2 is 1.13 bits per heavy atom. The van der Waals surface area contributed by atoms with E-state index in [2.05, 4.69) is 0 Å². The van der Waals surface area contributed by atoms with E-state index < -0.39 is 4.92 Å². The highest BCUT2D eigenvalue weighted by molar-refractivity contribution is 6.34. The van der Waals surface area contributed by atoms with Crippen LogP contribution in [0.2, 0.25) is 10.0 Å². The van der Waals surface area contributed by atoms with Crippen LogP contribution >= 0.6 is 23.2 Å². The summed E-state index contributed by atoms with van der Waals surface area (Å²) in [6, 6.07) is 6.14. The Morgan fingerprint density at radius 3 is 1.57 bits per heavy atom. The second kappa shape index (κ2) is 7.54. The summed E-state index contributed by atoms with van der Waals surface area (Å²) in [5.41, 5.74) is 8.26. The van der Waals surface area contributed by atoms with Crippen LogP contribution in [0.25, 0.3) is 22.1 Å². The topological polar surface area (TPSA) is 123 Å². The minimum Gasteiger partial charge on any atom is -0.397 e. The number of aromatic nitrogens is 4. The van der Waals surface area contributed by atoms with Crippen molar-refractivity contribution in [1.29, 1.82) is 0 Å². The third-order valence-electron chi connectivity index (χ3n) is 4.93. The van der Waals surface area contributed by atoms with Crippen LogP contribution < -0.4 is 17.1 Å². The standard InChI is InChI=1S/C9H8ClN3O3.C9H10ClN3O/c1-11-7-3-5(10)6(13(15)16)4-8(7)12(2)9(11)14;1-12-7-3-5(10)6(11)4-8(7)13(2)9(12)14/h3-4H,1-2H3;3-4H,11H2,1-2H3. The molecule has 0 radical (unpaired) electrons. The molecule has 158 valence electrons. The first kappa shape index (κ1) is 21.5. The number of imidazole rings is 2. The first-order valence-electron chi connectivity index (χ1n) is 8.55. The third kappa shape index (κ3) is 3.33. The van der Waals surface area contributed by atoms with Crippen molar-refractivity contribution in [3.8, 4) is 0 Å². The van der Waals surface area contributed by atoms with E-state index in [1.807, 2.05) is 0 Å². The minimum atomic E-state index is -0.570. The molecule has 0 aliphatic heterocycles. The lowest BCUT2D eigenvalue weighted by molar-refractivity contribution is -0.384. The number of nitro groups is 1. The van der Waals surface area contributed by atoms with Crippen molar-refractivity contribution in [2.24, 2.45) is 28.2 Å². The van der Waals surface area contributed by atoms with Crippen LogP contribution in [0.15, 0.2) is 33.9 Å². The van der Waals surface area contributed by atoms with E-state index in [0.29, 0.717) is 21.7 Å². The molecule has 30 heavy (non-hydrogen) atoms. The summed E-state index contributed by atoms with van der Waals surface area (Å²) in [5, 5.41) is 11.2. The molecule has 4 aromatic rings. The zero-order chi connectivity index (χ0) is 22.5. The molecule has 0 atom stereocenters. The molecule has 2 N–H and O–H groups in total. The number of benzene rings is 2. The van der Waals surface area contributed by atoms with Gasteiger partial charge in [0.15, 0.2) is 0 Å². The van der Waals surface area contributed by atoms with E-state index in [1.165, 1.54) is 21.3 Å². The highest BCUT2D eigenvalue weighted by Crippen LogP contribution is 2.29. The Labute approximate surface area is 179 Å². The summed E-state index contributed by atoms with van der Waals surface area (Å²) in [6.07, 6.45) is 0. The van der Waals surface area contributed by atoms with Gasteiger partial charge >= 0.3 is 11.4 Å². The van der Waals surface area contributed by atoms with Crippen molar-refractivity contribution in [2.45, 2.75) is 0 Å². The fourth-order valence-corrected chi connectivity index (χ4v) is 3.57. The summed E-state index contributed by atoms with van der Waals surface area (Å²) >= 11 is 11.6. The number of aryl methyl sites for hydroxylation is 4. The van der Waals surface area contributed by atoms with Gasteiger partial charge in [-0.1, -0.05) is 23.2 Å². The number of hydrogen-bond acceptors (Lipinski definition) is 5. The number of nitrogens with two attached hydrogens (primary N) is 1. The average molecular weight is 453 g/mol. The minimum absolute atomic E-state index is 0.0266. The SMILES string of the molecule is Cn1c(=O)n(C)c2cc(Cl)c(N)cc21.Cn1c(=O)n(C)c2cc([N+](=O)[O-])c(Cl)cc21. The monoisotopic (exact) mass is 452 g/mol. The van der Waals surface area contributed by atoms with Gasteiger partial charge in [-0.15, -0.1) is 0 Å². The fraction of sp³-hybridized carbons (Fsp3) is 0.222. The second-order valence-electron chi connectivity index (χ2n) is 6.71. The Kier molecular flexibility index (Phi) is 5.40. The maximum absolute atomic E-state index is 11.6. The van der Waals surface area contributed by atoms with E-state index in [0.717, 1.165) is 11.0 Å². The molecule has 0 saturated heterocycles. The van der Waals surface area contributed by atoms with Crippen LogP contribution in [0.4, 0.5) is 11.4 Å². The third-order valence-corrected chi connectivity index (χ3v) is 5.56. The molecular formula is C18H18Cl2N6O4. The number of nitrogens with zero attached hydrogens (tertiary/aromatic N) is 5. The molecule has 0 aliphatic carbocycles. The van der Waals surface area contributed by atoms with Crippen LogP contribution in [0.1, 0.15) is 0 Å². The molecule has 2 aromatic carbocycles. The van der Waals surface area contributed by atoms with Gasteiger partial charge in [0.05, 0.1) is 37.7 Å². The highest BCUT2D eigenvalue weighted by Gasteiger charge is 2.17. The van der Waals surface area contributed by atoms with Crippen molar-refractivity contribution < 1.29 is 4.92 Å². The molecule has 10 nitrogen and oxygen atoms in total. The van der Waals surface area contributed by atoms with Crippen molar-refractivity contribution in [2.75, 3.05) is 5.73 Å². The maximum atomic E-state index is 11.6. The number of anilines is 1. The molecule has 0 amide bonds. The van der Waals surface area contributed by atoms with Gasteiger partial charge in [0.25, 0.3) is 5.69 Å². The fourth-order valence-electron chi connectivity index (χ4n) is 3.18. The first-order chi connectivity index (χ1) is 14.0. The van der Waals surface area contributed by atoms with Gasteiger partial charge in [-0.3, -0.25) is 28.4 Å². The Hall–Kier alpha value is -3.24. The highest BCUT2D eigenvalue weighted by atomic mass is 35.5. The van der Waals surface area contributed by atoms with E-state index in [9.17, 15) is 19.7 Å². The molecular weight excluding hydrogens is 435 g/mol. The second-order valence-corrected chi connectivity index (χ2v) is 7.53. The summed E-state index contributed by atoms with van der Waals surface area (Å²) in [4.78, 5) is 33.3. The summed E-state index contributed by atoms with van der Waals surface area (Å²) < 4.78 is 5.83. The van der Waals surface area contributed by atoms with Crippen LogP contribution in [0, 0.1) is 10.1 Å². The molecule has 0 spiro atoms. The van der Waals surface area contributed by atoms with Crippen molar-refractivity contribution in [1.82, 2.24) is 18.3 Å². The molecule has 2 heterocycles. The lowest BCUT2D eigenvalue weighted by atomic mass is 10.2. The molecule has 0 aliphatic rings. The van der Waals surface area contributed by atoms with Gasteiger partial charge in [-0.05, 0) is 18.2 Å². The van der Waals surface area contributed by atoms with Gasteiger partial charge in [0, 0.05) is 34.3 Å². The van der Waals surface area contributed by atoms with Crippen molar-refractivity contribution >= 4 is 56.6 Å². The lowest BCUT2D eigenvalue weighted by Gasteiger charge is -1.99. The number of nitro benzene ring substituents is 1. The first-order valence-corrected chi connectivity index (χ1v) is 9.31. The largest absolute Gasteiger partial charge is 0.397 e. The predicted octanol–water partition coefficient (Wildman–Crippen LogP) is 2.55. The average Bonchev–Trinajstić information content (AvgIpc) is 3.02. The zero-order valence-electron chi connectivity index (χ0n) is 16.5. The van der Waals surface area contributed by atoms with Crippen molar-refractivity contribution in [3.05, 3.63) is 65.4 Å². The summed E-state index contributed by atoms with van der Waals surface area (Å²) in [7, 11) is 6.56. The quantitative estimate of drug-likeness (QED) is 0.270. The number of fused-ring (bicyclic) bond motifs is 2. The lowest BCUT2D eigenvalue weighted by Crippen LogP contribution is -2.19. The van der Waals surface area contributed by atoms with E-state index in [-0.39, 0.29) is 22.1 Å². The summed E-state index contributed by atoms with van der Waals surface area (Å²) in [6.45, 7) is 0. The molecule has 0 unspecified atom stereocenters. The molecule has 0 bridgehead atoms. The Morgan fingerprint density at radius 1 is 0.767 bits per heavy atom. The maximum Gasteiger partial charge on any atom is 0.328 e. The smallest absolute Gasteiger partial charge is 0.328 e. The van der Waals surface area contributed by atoms with Gasteiger partial charge in [0.1, 0.15) is 5.02 Å². The van der Waals surface area contributed by atoms with Crippen LogP contribution in [-0.2, 0) is 28.2 Å². The van der Waals surface area contributed by atoms with Gasteiger partial charge in [0.2, 0.25) is 0 Å². The molecule has 0 saturated carbocycles. The van der Waals surface area contributed by atoms with Crippen LogP contribution in [0.3, 0.4) is 0 Å². The Balaban J connectivity index is 0.000000172. The number of nitrogen functional groups attached to an aromatic ring is 1. The molecule has 4 rings (SSSR count). The van der Waals surface area contributed by atoms with E-state index in [1.54, 1.807) is 49.5 Å². The zero-order valence-corrected chi connectivity index (χ0v) is 18.0. The van der Waals surface area contributed by atoms with Crippen LogP contribution in [0.5, 0.6) is 0 Å². The van der Waals surface area contributed by atoms with Gasteiger partial charge in [-0.25, -0.2) is 9.59 Å². The number of halogens is 2. The summed E-state index contributed by atoms with van der Waals surface area (Å²) in [5.74, 6) is 0. The molecule has 2 aromatic heterocycles. The molecule has 0 fully saturated rings. The predicted molar refractivity (Wildman–Crippen MR) is 117 cm³/mol. The molecule has 12 heteroatoms.